The van der Waals surface area contributed by atoms with E-state index in [0.29, 0.717) is 22.6 Å². The van der Waals surface area contributed by atoms with E-state index < -0.39 is 11.1 Å². The monoisotopic (exact) mass is 369 g/mol. The summed E-state index contributed by atoms with van der Waals surface area (Å²) in [6, 6.07) is 17.8. The molecule has 3 aromatic rings. The van der Waals surface area contributed by atoms with Crippen LogP contribution < -0.4 is 10.1 Å². The zero-order chi connectivity index (χ0) is 18.5. The van der Waals surface area contributed by atoms with Crippen molar-refractivity contribution in [2.24, 2.45) is 0 Å². The van der Waals surface area contributed by atoms with Gasteiger partial charge in [-0.05, 0) is 48.2 Å². The Morgan fingerprint density at radius 1 is 1.04 bits per heavy atom. The quantitative estimate of drug-likeness (QED) is 0.644. The lowest BCUT2D eigenvalue weighted by Crippen LogP contribution is -2.14. The van der Waals surface area contributed by atoms with Crippen LogP contribution in [0.15, 0.2) is 65.6 Å². The molecular formula is C20H19NO4S. The summed E-state index contributed by atoms with van der Waals surface area (Å²) in [4.78, 5) is 12.7. The van der Waals surface area contributed by atoms with Crippen molar-refractivity contribution in [3.63, 3.8) is 0 Å². The van der Waals surface area contributed by atoms with Gasteiger partial charge < -0.3 is 14.6 Å². The molecule has 0 heterocycles. The molecule has 0 bridgehead atoms. The summed E-state index contributed by atoms with van der Waals surface area (Å²) in [5.74, 6) is 0.598. The molecule has 0 fully saturated rings. The lowest BCUT2D eigenvalue weighted by atomic mass is 10.0. The van der Waals surface area contributed by atoms with Gasteiger partial charge in [0.1, 0.15) is 5.75 Å². The Morgan fingerprint density at radius 3 is 2.42 bits per heavy atom. The Balaban J connectivity index is 1.79. The van der Waals surface area contributed by atoms with Crippen molar-refractivity contribution in [3.05, 3.63) is 66.2 Å². The van der Waals surface area contributed by atoms with Crippen LogP contribution in [0.5, 0.6) is 5.75 Å². The Bertz CT molecular complexity index is 954. The second-order valence-corrected chi connectivity index (χ2v) is 6.64. The summed E-state index contributed by atoms with van der Waals surface area (Å²) in [7, 11) is 0. The normalized spacial score (nSPS) is 11.9. The average molecular weight is 369 g/mol. The van der Waals surface area contributed by atoms with Gasteiger partial charge in [-0.15, -0.1) is 0 Å². The van der Waals surface area contributed by atoms with Gasteiger partial charge in [0.05, 0.1) is 17.9 Å². The third kappa shape index (κ3) is 4.09. The van der Waals surface area contributed by atoms with Gasteiger partial charge in [-0.2, -0.15) is 0 Å². The van der Waals surface area contributed by atoms with E-state index in [9.17, 15) is 13.6 Å². The first-order valence-corrected chi connectivity index (χ1v) is 9.33. The largest absolute Gasteiger partial charge is 0.494 e. The van der Waals surface area contributed by atoms with Crippen molar-refractivity contribution in [1.82, 2.24) is 0 Å². The van der Waals surface area contributed by atoms with Gasteiger partial charge in [-0.3, -0.25) is 4.79 Å². The zero-order valence-electron chi connectivity index (χ0n) is 14.3. The Kier molecular flexibility index (Phi) is 5.65. The lowest BCUT2D eigenvalue weighted by Gasteiger charge is -2.10. The molecule has 0 aromatic heterocycles. The predicted molar refractivity (Wildman–Crippen MR) is 103 cm³/mol. The minimum Gasteiger partial charge on any atom is -0.494 e. The second kappa shape index (κ2) is 8.12. The molecule has 26 heavy (non-hydrogen) atoms. The summed E-state index contributed by atoms with van der Waals surface area (Å²) in [5.41, 5.74) is 1.49. The Morgan fingerprint density at radius 2 is 1.73 bits per heavy atom. The number of anilines is 1. The fraction of sp³-hybridized carbons (Fsp3) is 0.150. The molecule has 134 valence electrons. The predicted octanol–water partition coefficient (Wildman–Crippen LogP) is 4.00. The van der Waals surface area contributed by atoms with Crippen LogP contribution in [0.25, 0.3) is 10.8 Å². The van der Waals surface area contributed by atoms with Crippen molar-refractivity contribution in [3.8, 4) is 5.75 Å². The van der Waals surface area contributed by atoms with Gasteiger partial charge >= 0.3 is 0 Å². The van der Waals surface area contributed by atoms with E-state index >= 15 is 0 Å². The number of carbonyl (C=O) groups is 1. The number of fused-ring (bicyclic) bond motifs is 1. The molecule has 3 rings (SSSR count). The number of hydrogen-bond donors (Lipinski definition) is 2. The molecule has 0 spiro atoms. The van der Waals surface area contributed by atoms with Crippen LogP contribution in [0.2, 0.25) is 0 Å². The van der Waals surface area contributed by atoms with Crippen molar-refractivity contribution in [2.45, 2.75) is 18.2 Å². The standard InChI is InChI=1S/C20H19NO4S/c1-2-25-16-11-9-15(10-12-16)21-20(22)13-14-5-3-7-18-17(14)6-4-8-19(18)26(23)24/h3-12H,2,13H2,1H3,(H,21,22)(H,23,24). The van der Waals surface area contributed by atoms with Gasteiger partial charge in [0.2, 0.25) is 5.91 Å². The van der Waals surface area contributed by atoms with E-state index in [4.69, 9.17) is 4.74 Å². The number of amides is 1. The summed E-state index contributed by atoms with van der Waals surface area (Å²) < 4.78 is 26.3. The third-order valence-electron chi connectivity index (χ3n) is 3.96. The molecule has 1 amide bonds. The molecule has 5 nitrogen and oxygen atoms in total. The van der Waals surface area contributed by atoms with Crippen LogP contribution in [-0.2, 0) is 22.3 Å². The molecule has 3 aromatic carbocycles. The maximum absolute atomic E-state index is 12.4. The minimum atomic E-state index is -2.07. The van der Waals surface area contributed by atoms with E-state index in [1.807, 2.05) is 19.1 Å². The first-order chi connectivity index (χ1) is 12.6. The summed E-state index contributed by atoms with van der Waals surface area (Å²) in [5, 5.41) is 4.34. The molecule has 0 radical (unpaired) electrons. The lowest BCUT2D eigenvalue weighted by molar-refractivity contribution is -0.115. The molecule has 0 saturated carbocycles. The fourth-order valence-corrected chi connectivity index (χ4v) is 3.39. The van der Waals surface area contributed by atoms with Crippen molar-refractivity contribution >= 4 is 33.4 Å². The molecule has 0 aliphatic carbocycles. The third-order valence-corrected chi connectivity index (χ3v) is 4.69. The minimum absolute atomic E-state index is 0.155. The number of benzene rings is 3. The first-order valence-electron chi connectivity index (χ1n) is 8.22. The number of carbonyl (C=O) groups excluding carboxylic acids is 1. The summed E-state index contributed by atoms with van der Waals surface area (Å²) >= 11 is -2.07. The Hall–Kier alpha value is -2.70. The fourth-order valence-electron chi connectivity index (χ4n) is 2.83. The molecule has 1 unspecified atom stereocenters. The van der Waals surface area contributed by atoms with Crippen LogP contribution in [0.4, 0.5) is 5.69 Å². The van der Waals surface area contributed by atoms with Crippen LogP contribution in [-0.4, -0.2) is 21.3 Å². The van der Waals surface area contributed by atoms with Gasteiger partial charge in [0.25, 0.3) is 0 Å². The van der Waals surface area contributed by atoms with E-state index in [2.05, 4.69) is 5.32 Å². The number of ether oxygens (including phenoxy) is 1. The van der Waals surface area contributed by atoms with Crippen molar-refractivity contribution < 1.29 is 18.3 Å². The van der Waals surface area contributed by atoms with E-state index in [1.54, 1.807) is 48.5 Å². The second-order valence-electron chi connectivity index (χ2n) is 5.70. The number of nitrogens with one attached hydrogen (secondary N) is 1. The van der Waals surface area contributed by atoms with Crippen LogP contribution in [0.1, 0.15) is 12.5 Å². The average Bonchev–Trinajstić information content (AvgIpc) is 2.63. The molecular weight excluding hydrogens is 350 g/mol. The smallest absolute Gasteiger partial charge is 0.228 e. The number of rotatable bonds is 6. The Labute approximate surface area is 154 Å². The molecule has 0 aliphatic rings. The molecule has 2 N–H and O–H groups in total. The van der Waals surface area contributed by atoms with Crippen LogP contribution in [0.3, 0.4) is 0 Å². The topological polar surface area (TPSA) is 75.6 Å². The van der Waals surface area contributed by atoms with Gasteiger partial charge in [0, 0.05) is 11.1 Å². The van der Waals surface area contributed by atoms with Gasteiger partial charge in [-0.25, -0.2) is 4.21 Å². The highest BCUT2D eigenvalue weighted by molar-refractivity contribution is 7.79. The highest BCUT2D eigenvalue weighted by atomic mass is 32.2. The van der Waals surface area contributed by atoms with Crippen molar-refractivity contribution in [1.29, 1.82) is 0 Å². The number of hydrogen-bond acceptors (Lipinski definition) is 3. The molecule has 0 aliphatic heterocycles. The highest BCUT2D eigenvalue weighted by Crippen LogP contribution is 2.25. The maximum atomic E-state index is 12.4. The van der Waals surface area contributed by atoms with E-state index in [-0.39, 0.29) is 12.3 Å². The van der Waals surface area contributed by atoms with E-state index in [1.165, 1.54) is 0 Å². The SMILES string of the molecule is CCOc1ccc(NC(=O)Cc2cccc3c(S(=O)O)cccc23)cc1. The molecule has 1 atom stereocenters. The molecule has 6 heteroatoms. The van der Waals surface area contributed by atoms with Crippen LogP contribution >= 0.6 is 0 Å². The summed E-state index contributed by atoms with van der Waals surface area (Å²) in [6.45, 7) is 2.50. The van der Waals surface area contributed by atoms with Gasteiger partial charge in [-0.1, -0.05) is 30.3 Å². The maximum Gasteiger partial charge on any atom is 0.228 e. The molecule has 0 saturated heterocycles. The van der Waals surface area contributed by atoms with Gasteiger partial charge in [0.15, 0.2) is 11.1 Å². The first kappa shape index (κ1) is 18.1. The van der Waals surface area contributed by atoms with Crippen LogP contribution in [0, 0.1) is 0 Å². The van der Waals surface area contributed by atoms with Crippen molar-refractivity contribution in [2.75, 3.05) is 11.9 Å². The highest BCUT2D eigenvalue weighted by Gasteiger charge is 2.11. The summed E-state index contributed by atoms with van der Waals surface area (Å²) in [6.07, 6.45) is 0.173. The zero-order valence-corrected chi connectivity index (χ0v) is 15.1. The van der Waals surface area contributed by atoms with E-state index in [0.717, 1.165) is 16.7 Å².